The van der Waals surface area contributed by atoms with E-state index in [2.05, 4.69) is 54.7 Å². The van der Waals surface area contributed by atoms with Crippen molar-refractivity contribution in [3.05, 3.63) is 28.0 Å². The summed E-state index contributed by atoms with van der Waals surface area (Å²) < 4.78 is 2.23. The molecule has 3 rings (SSSR count). The van der Waals surface area contributed by atoms with E-state index >= 15 is 0 Å². The van der Waals surface area contributed by atoms with E-state index < -0.39 is 0 Å². The molecule has 0 spiro atoms. The molecular formula is C16H23N3S. The minimum absolute atomic E-state index is 0.561. The van der Waals surface area contributed by atoms with Gasteiger partial charge in [0.15, 0.2) is 4.96 Å². The number of fused-ring (bicyclic) bond motifs is 1. The molecule has 2 heterocycles. The zero-order valence-corrected chi connectivity index (χ0v) is 13.5. The number of aryl methyl sites for hydroxylation is 2. The number of hydrogen-bond acceptors (Lipinski definition) is 3. The quantitative estimate of drug-likeness (QED) is 0.907. The number of nitrogens with one attached hydrogen (secondary N) is 1. The second-order valence-corrected chi connectivity index (χ2v) is 7.32. The molecule has 0 amide bonds. The van der Waals surface area contributed by atoms with Crippen molar-refractivity contribution in [3.8, 4) is 0 Å². The summed E-state index contributed by atoms with van der Waals surface area (Å²) in [7, 11) is 0. The summed E-state index contributed by atoms with van der Waals surface area (Å²) in [5.41, 5.74) is 3.83. The second kappa shape index (κ2) is 5.34. The molecule has 0 atom stereocenters. The van der Waals surface area contributed by atoms with Gasteiger partial charge in [0.05, 0.1) is 11.4 Å². The molecule has 1 aliphatic rings. The van der Waals surface area contributed by atoms with Crippen molar-refractivity contribution in [2.75, 3.05) is 6.54 Å². The van der Waals surface area contributed by atoms with E-state index in [-0.39, 0.29) is 0 Å². The minimum Gasteiger partial charge on any atom is -0.310 e. The predicted octanol–water partition coefficient (Wildman–Crippen LogP) is 3.80. The van der Waals surface area contributed by atoms with Crippen LogP contribution in [0.1, 0.15) is 43.0 Å². The Hall–Kier alpha value is -1.13. The lowest BCUT2D eigenvalue weighted by atomic mass is 10.0. The Morgan fingerprint density at radius 2 is 2.25 bits per heavy atom. The molecule has 108 valence electrons. The van der Waals surface area contributed by atoms with Gasteiger partial charge in [-0.3, -0.25) is 4.40 Å². The molecule has 0 aliphatic heterocycles. The van der Waals surface area contributed by atoms with E-state index in [1.54, 1.807) is 11.3 Å². The molecule has 1 N–H and O–H groups in total. The highest BCUT2D eigenvalue weighted by Gasteiger charge is 2.21. The fourth-order valence-electron chi connectivity index (χ4n) is 2.40. The third kappa shape index (κ3) is 2.81. The van der Waals surface area contributed by atoms with Gasteiger partial charge in [0, 0.05) is 23.7 Å². The van der Waals surface area contributed by atoms with E-state index in [9.17, 15) is 0 Å². The maximum absolute atomic E-state index is 4.67. The first-order chi connectivity index (χ1) is 9.54. The maximum Gasteiger partial charge on any atom is 0.194 e. The Bertz CT molecular complexity index is 644. The molecule has 2 aromatic heterocycles. The van der Waals surface area contributed by atoms with E-state index in [0.29, 0.717) is 5.92 Å². The van der Waals surface area contributed by atoms with Crippen molar-refractivity contribution in [3.63, 3.8) is 0 Å². The molecule has 3 nitrogen and oxygen atoms in total. The number of thiazole rings is 1. The molecule has 4 heteroatoms. The standard InChI is InChI=1S/C16H23N3S/c1-10(2)13(8-17-14-5-6-14)7-15-12(4)18-16-19(15)9-11(3)20-16/h7,9-10,14,17H,5-6,8H2,1-4H3. The largest absolute Gasteiger partial charge is 0.310 e. The molecule has 0 radical (unpaired) electrons. The van der Waals surface area contributed by atoms with E-state index in [1.807, 2.05) is 0 Å². The molecule has 20 heavy (non-hydrogen) atoms. The highest BCUT2D eigenvalue weighted by atomic mass is 32.1. The summed E-state index contributed by atoms with van der Waals surface area (Å²) in [6, 6.07) is 0.757. The molecule has 0 saturated heterocycles. The summed E-state index contributed by atoms with van der Waals surface area (Å²) >= 11 is 1.76. The van der Waals surface area contributed by atoms with Crippen molar-refractivity contribution < 1.29 is 0 Å². The van der Waals surface area contributed by atoms with Gasteiger partial charge in [-0.05, 0) is 38.7 Å². The van der Waals surface area contributed by atoms with Crippen molar-refractivity contribution in [2.45, 2.75) is 46.6 Å². The van der Waals surface area contributed by atoms with Gasteiger partial charge in [-0.1, -0.05) is 19.4 Å². The van der Waals surface area contributed by atoms with Gasteiger partial charge in [-0.15, -0.1) is 11.3 Å². The molecule has 2 aromatic rings. The number of aromatic nitrogens is 2. The monoisotopic (exact) mass is 289 g/mol. The molecule has 1 fully saturated rings. The first kappa shape index (κ1) is 13.8. The van der Waals surface area contributed by atoms with Crippen molar-refractivity contribution >= 4 is 22.4 Å². The van der Waals surface area contributed by atoms with Gasteiger partial charge >= 0.3 is 0 Å². The summed E-state index contributed by atoms with van der Waals surface area (Å²) in [5, 5.41) is 3.63. The van der Waals surface area contributed by atoms with Gasteiger partial charge in [-0.2, -0.15) is 0 Å². The predicted molar refractivity (Wildman–Crippen MR) is 86.4 cm³/mol. The molecule has 1 saturated carbocycles. The van der Waals surface area contributed by atoms with E-state index in [1.165, 1.54) is 29.0 Å². The number of rotatable bonds is 5. The van der Waals surface area contributed by atoms with Crippen LogP contribution in [0, 0.1) is 19.8 Å². The average Bonchev–Trinajstić information content (AvgIpc) is 3.07. The zero-order valence-electron chi connectivity index (χ0n) is 12.7. The summed E-state index contributed by atoms with van der Waals surface area (Å²) in [4.78, 5) is 7.08. The normalized spacial score (nSPS) is 16.6. The van der Waals surface area contributed by atoms with E-state index in [0.717, 1.165) is 23.2 Å². The first-order valence-corrected chi connectivity index (χ1v) is 8.25. The molecule has 0 unspecified atom stereocenters. The number of nitrogens with zero attached hydrogens (tertiary/aromatic N) is 2. The maximum atomic E-state index is 4.67. The summed E-state index contributed by atoms with van der Waals surface area (Å²) in [6.45, 7) is 9.78. The van der Waals surface area contributed by atoms with Crippen LogP contribution in [0.3, 0.4) is 0 Å². The lowest BCUT2D eigenvalue weighted by Crippen LogP contribution is -2.21. The fourth-order valence-corrected chi connectivity index (χ4v) is 3.28. The SMILES string of the molecule is Cc1cn2c(C=C(CNC3CC3)C(C)C)c(C)nc2s1. The van der Waals surface area contributed by atoms with Gasteiger partial charge in [0.2, 0.25) is 0 Å². The Labute approximate surface area is 124 Å². The van der Waals surface area contributed by atoms with Crippen molar-refractivity contribution in [1.82, 2.24) is 14.7 Å². The van der Waals surface area contributed by atoms with Gasteiger partial charge in [-0.25, -0.2) is 4.98 Å². The van der Waals surface area contributed by atoms with Crippen LogP contribution in [-0.2, 0) is 0 Å². The van der Waals surface area contributed by atoms with Crippen LogP contribution in [0.15, 0.2) is 11.8 Å². The van der Waals surface area contributed by atoms with Gasteiger partial charge in [0.25, 0.3) is 0 Å². The van der Waals surface area contributed by atoms with Crippen LogP contribution >= 0.6 is 11.3 Å². The first-order valence-electron chi connectivity index (χ1n) is 7.43. The van der Waals surface area contributed by atoms with Crippen molar-refractivity contribution in [2.24, 2.45) is 5.92 Å². The summed E-state index contributed by atoms with van der Waals surface area (Å²) in [6.07, 6.45) is 7.20. The highest BCUT2D eigenvalue weighted by Crippen LogP contribution is 2.25. The van der Waals surface area contributed by atoms with Crippen LogP contribution < -0.4 is 5.32 Å². The Morgan fingerprint density at radius 3 is 2.90 bits per heavy atom. The van der Waals surface area contributed by atoms with Gasteiger partial charge in [0.1, 0.15) is 0 Å². The third-order valence-electron chi connectivity index (χ3n) is 3.90. The Morgan fingerprint density at radius 1 is 1.50 bits per heavy atom. The second-order valence-electron chi connectivity index (χ2n) is 6.11. The lowest BCUT2D eigenvalue weighted by Gasteiger charge is -2.12. The molecule has 0 aromatic carbocycles. The third-order valence-corrected chi connectivity index (χ3v) is 4.80. The van der Waals surface area contributed by atoms with Crippen molar-refractivity contribution in [1.29, 1.82) is 0 Å². The topological polar surface area (TPSA) is 29.3 Å². The summed E-state index contributed by atoms with van der Waals surface area (Å²) in [5.74, 6) is 0.561. The van der Waals surface area contributed by atoms with Gasteiger partial charge < -0.3 is 5.32 Å². The van der Waals surface area contributed by atoms with Crippen LogP contribution in [0.2, 0.25) is 0 Å². The lowest BCUT2D eigenvalue weighted by molar-refractivity contribution is 0.662. The minimum atomic E-state index is 0.561. The number of imidazole rings is 1. The average molecular weight is 289 g/mol. The Kier molecular flexibility index (Phi) is 3.69. The van der Waals surface area contributed by atoms with Crippen LogP contribution in [-0.4, -0.2) is 22.0 Å². The zero-order chi connectivity index (χ0) is 14.3. The molecular weight excluding hydrogens is 266 g/mol. The molecule has 1 aliphatic carbocycles. The Balaban J connectivity index is 1.93. The number of hydrogen-bond donors (Lipinski definition) is 1. The van der Waals surface area contributed by atoms with Crippen LogP contribution in [0.25, 0.3) is 11.0 Å². The molecule has 0 bridgehead atoms. The van der Waals surface area contributed by atoms with E-state index in [4.69, 9.17) is 0 Å². The van der Waals surface area contributed by atoms with Crippen LogP contribution in [0.4, 0.5) is 0 Å². The smallest absolute Gasteiger partial charge is 0.194 e. The highest BCUT2D eigenvalue weighted by molar-refractivity contribution is 7.17. The fraction of sp³-hybridized carbons (Fsp3) is 0.562. The van der Waals surface area contributed by atoms with Crippen LogP contribution in [0.5, 0.6) is 0 Å².